The zero-order valence-electron chi connectivity index (χ0n) is 12.5. The summed E-state index contributed by atoms with van der Waals surface area (Å²) in [6, 6.07) is 5.41. The normalized spacial score (nSPS) is 12.2. The number of benzene rings is 1. The van der Waals surface area contributed by atoms with Crippen LogP contribution in [0.3, 0.4) is 0 Å². The summed E-state index contributed by atoms with van der Waals surface area (Å²) in [6.45, 7) is 5.91. The van der Waals surface area contributed by atoms with Crippen LogP contribution in [0.4, 0.5) is 4.39 Å². The molecule has 0 heterocycles. The van der Waals surface area contributed by atoms with Gasteiger partial charge >= 0.3 is 0 Å². The molecule has 2 nitrogen and oxygen atoms in total. The molecule has 0 saturated heterocycles. The predicted molar refractivity (Wildman–Crippen MR) is 79.0 cm³/mol. The number of alkyl halides is 1. The third-order valence-electron chi connectivity index (χ3n) is 3.44. The van der Waals surface area contributed by atoms with E-state index in [1.165, 1.54) is 0 Å². The van der Waals surface area contributed by atoms with E-state index in [0.29, 0.717) is 12.0 Å². The smallest absolute Gasteiger partial charge is 0.220 e. The highest BCUT2D eigenvalue weighted by molar-refractivity contribution is 6.13. The summed E-state index contributed by atoms with van der Waals surface area (Å²) >= 11 is 0. The topological polar surface area (TPSA) is 34.1 Å². The monoisotopic (exact) mass is 278 g/mol. The Bertz CT molecular complexity index is 458. The quantitative estimate of drug-likeness (QED) is 0.530. The maximum absolute atomic E-state index is 14.0. The lowest BCUT2D eigenvalue weighted by molar-refractivity contribution is -0.122. The minimum Gasteiger partial charge on any atom is -0.296 e. The number of carbonyl (C=O) groups excluding carboxylic acids is 2. The van der Waals surface area contributed by atoms with Crippen LogP contribution in [-0.2, 0) is 17.6 Å². The first-order chi connectivity index (χ1) is 9.53. The first-order valence-corrected chi connectivity index (χ1v) is 7.37. The van der Waals surface area contributed by atoms with Crippen LogP contribution in [0.1, 0.15) is 61.5 Å². The van der Waals surface area contributed by atoms with E-state index in [1.54, 1.807) is 12.1 Å². The summed E-state index contributed by atoms with van der Waals surface area (Å²) in [4.78, 5) is 23.7. The molecule has 0 radical (unpaired) electrons. The van der Waals surface area contributed by atoms with Gasteiger partial charge in [0.05, 0.1) is 0 Å². The average molecular weight is 278 g/mol. The third kappa shape index (κ3) is 4.26. The van der Waals surface area contributed by atoms with E-state index in [2.05, 4.69) is 0 Å². The summed E-state index contributed by atoms with van der Waals surface area (Å²) in [5.41, 5.74) is 2.32. The van der Waals surface area contributed by atoms with Crippen molar-refractivity contribution in [2.75, 3.05) is 0 Å². The molecule has 0 fully saturated rings. The number of hydrogen-bond donors (Lipinski definition) is 0. The van der Waals surface area contributed by atoms with E-state index >= 15 is 0 Å². The van der Waals surface area contributed by atoms with Crippen LogP contribution in [0.15, 0.2) is 18.2 Å². The highest BCUT2D eigenvalue weighted by atomic mass is 19.1. The Kier molecular flexibility index (Phi) is 6.56. The van der Waals surface area contributed by atoms with Gasteiger partial charge in [0.1, 0.15) is 0 Å². The Hall–Kier alpha value is -1.51. The van der Waals surface area contributed by atoms with Crippen LogP contribution < -0.4 is 0 Å². The summed E-state index contributed by atoms with van der Waals surface area (Å²) < 4.78 is 14.0. The molecule has 20 heavy (non-hydrogen) atoms. The average Bonchev–Trinajstić information content (AvgIpc) is 2.50. The summed E-state index contributed by atoms with van der Waals surface area (Å²) in [5.74, 6) is -1.30. The molecule has 0 aliphatic carbocycles. The maximum Gasteiger partial charge on any atom is 0.220 e. The highest BCUT2D eigenvalue weighted by Crippen LogP contribution is 2.16. The van der Waals surface area contributed by atoms with Crippen LogP contribution in [0, 0.1) is 0 Å². The van der Waals surface area contributed by atoms with Crippen molar-refractivity contribution in [3.05, 3.63) is 34.9 Å². The van der Waals surface area contributed by atoms with E-state index in [9.17, 15) is 14.0 Å². The molecule has 0 amide bonds. The van der Waals surface area contributed by atoms with E-state index in [1.807, 2.05) is 26.8 Å². The van der Waals surface area contributed by atoms with E-state index in [-0.39, 0.29) is 6.42 Å². The van der Waals surface area contributed by atoms with E-state index < -0.39 is 17.7 Å². The predicted octanol–water partition coefficient (Wildman–Crippen LogP) is 4.09. The summed E-state index contributed by atoms with van der Waals surface area (Å²) in [7, 11) is 0. The zero-order chi connectivity index (χ0) is 15.1. The minimum absolute atomic E-state index is 0.136. The molecule has 0 aromatic heterocycles. The van der Waals surface area contributed by atoms with E-state index in [4.69, 9.17) is 0 Å². The number of halogens is 1. The summed E-state index contributed by atoms with van der Waals surface area (Å²) in [5, 5.41) is 0. The van der Waals surface area contributed by atoms with Crippen LogP contribution in [-0.4, -0.2) is 17.7 Å². The molecule has 0 aliphatic rings. The lowest BCUT2D eigenvalue weighted by Gasteiger charge is -2.09. The van der Waals surface area contributed by atoms with Gasteiger partial charge in [0, 0.05) is 12.0 Å². The molecule has 0 spiro atoms. The Labute approximate surface area is 120 Å². The number of hydrogen-bond acceptors (Lipinski definition) is 2. The van der Waals surface area contributed by atoms with Crippen LogP contribution >= 0.6 is 0 Å². The molecule has 110 valence electrons. The number of rotatable bonds is 8. The number of Topliss-reactive ketones (excluding diaryl/α,β-unsaturated/α-hetero) is 2. The molecule has 1 atom stereocenters. The molecule has 0 bridgehead atoms. The molecule has 1 unspecified atom stereocenters. The van der Waals surface area contributed by atoms with Crippen molar-refractivity contribution < 1.29 is 14.0 Å². The first kappa shape index (κ1) is 16.5. The first-order valence-electron chi connectivity index (χ1n) is 7.37. The van der Waals surface area contributed by atoms with Gasteiger partial charge in [-0.1, -0.05) is 33.3 Å². The van der Waals surface area contributed by atoms with Crippen molar-refractivity contribution in [1.29, 1.82) is 0 Å². The molecular weight excluding hydrogens is 255 g/mol. The maximum atomic E-state index is 14.0. The van der Waals surface area contributed by atoms with E-state index in [0.717, 1.165) is 30.4 Å². The molecule has 3 heteroatoms. The fourth-order valence-corrected chi connectivity index (χ4v) is 2.08. The van der Waals surface area contributed by atoms with Crippen molar-refractivity contribution in [2.45, 2.75) is 59.0 Å². The largest absolute Gasteiger partial charge is 0.296 e. The molecule has 0 aliphatic heterocycles. The Morgan fingerprint density at radius 3 is 2.05 bits per heavy atom. The number of unbranched alkanes of at least 4 members (excludes halogenated alkanes) is 1. The molecular formula is C17H23FO2. The third-order valence-corrected chi connectivity index (χ3v) is 3.44. The Morgan fingerprint density at radius 2 is 1.60 bits per heavy atom. The van der Waals surface area contributed by atoms with Crippen molar-refractivity contribution >= 4 is 11.6 Å². The highest BCUT2D eigenvalue weighted by Gasteiger charge is 2.26. The lowest BCUT2D eigenvalue weighted by Crippen LogP contribution is -2.26. The molecule has 1 aromatic carbocycles. The van der Waals surface area contributed by atoms with Gasteiger partial charge in [-0.3, -0.25) is 9.59 Å². The standard InChI is InChI=1S/C17H23FO2/c1-4-7-8-15(19)16(18)17(20)14-10-12(5-2)9-13(6-3)11-14/h9-11,16H,4-8H2,1-3H3. The van der Waals surface area contributed by atoms with Crippen LogP contribution in [0.5, 0.6) is 0 Å². The van der Waals surface area contributed by atoms with Gasteiger partial charge in [-0.2, -0.15) is 0 Å². The number of aryl methyl sites for hydroxylation is 2. The minimum atomic E-state index is -2.02. The van der Waals surface area contributed by atoms with Gasteiger partial charge in [-0.15, -0.1) is 0 Å². The van der Waals surface area contributed by atoms with Crippen molar-refractivity contribution in [1.82, 2.24) is 0 Å². The van der Waals surface area contributed by atoms with Gasteiger partial charge in [-0.25, -0.2) is 4.39 Å². The SMILES string of the molecule is CCCCC(=O)C(F)C(=O)c1cc(CC)cc(CC)c1. The van der Waals surface area contributed by atoms with Gasteiger partial charge in [0.25, 0.3) is 0 Å². The fraction of sp³-hybridized carbons (Fsp3) is 0.529. The van der Waals surface area contributed by atoms with Gasteiger partial charge < -0.3 is 0 Å². The Morgan fingerprint density at radius 1 is 1.05 bits per heavy atom. The molecule has 0 N–H and O–H groups in total. The van der Waals surface area contributed by atoms with Gasteiger partial charge in [0.15, 0.2) is 5.78 Å². The van der Waals surface area contributed by atoms with Gasteiger partial charge in [0.2, 0.25) is 12.0 Å². The fourth-order valence-electron chi connectivity index (χ4n) is 2.08. The summed E-state index contributed by atoms with van der Waals surface area (Å²) in [6.07, 6.45) is 1.14. The molecule has 1 rings (SSSR count). The second kappa shape index (κ2) is 7.93. The second-order valence-corrected chi connectivity index (χ2v) is 5.04. The zero-order valence-corrected chi connectivity index (χ0v) is 12.5. The molecule has 0 saturated carbocycles. The van der Waals surface area contributed by atoms with Crippen molar-refractivity contribution in [2.24, 2.45) is 0 Å². The van der Waals surface area contributed by atoms with Crippen molar-refractivity contribution in [3.63, 3.8) is 0 Å². The van der Waals surface area contributed by atoms with Gasteiger partial charge in [-0.05, 0) is 42.5 Å². The number of ketones is 2. The Balaban J connectivity index is 2.93. The molecule has 1 aromatic rings. The van der Waals surface area contributed by atoms with Crippen molar-refractivity contribution in [3.8, 4) is 0 Å². The lowest BCUT2D eigenvalue weighted by atomic mass is 9.96. The van der Waals surface area contributed by atoms with Crippen LogP contribution in [0.2, 0.25) is 0 Å². The second-order valence-electron chi connectivity index (χ2n) is 5.04. The number of carbonyl (C=O) groups is 2. The van der Waals surface area contributed by atoms with Crippen LogP contribution in [0.25, 0.3) is 0 Å².